The molecule has 23 heavy (non-hydrogen) atoms. The number of para-hydroxylation sites is 1. The molecule has 0 aliphatic heterocycles. The van der Waals surface area contributed by atoms with Gasteiger partial charge in [0, 0.05) is 24.5 Å². The van der Waals surface area contributed by atoms with Gasteiger partial charge >= 0.3 is 0 Å². The molecule has 1 aromatic heterocycles. The van der Waals surface area contributed by atoms with Crippen molar-refractivity contribution in [3.05, 3.63) is 89.7 Å². The lowest BCUT2D eigenvalue weighted by Gasteiger charge is -2.16. The van der Waals surface area contributed by atoms with Crippen LogP contribution >= 0.6 is 0 Å². The predicted octanol–water partition coefficient (Wildman–Crippen LogP) is 4.20. The molecule has 2 aromatic carbocycles. The maximum absolute atomic E-state index is 9.30. The van der Waals surface area contributed by atoms with Gasteiger partial charge in [-0.3, -0.25) is 0 Å². The van der Waals surface area contributed by atoms with Crippen molar-refractivity contribution in [2.75, 3.05) is 0 Å². The Bertz CT molecular complexity index is 812. The van der Waals surface area contributed by atoms with Gasteiger partial charge in [-0.1, -0.05) is 42.5 Å². The molecule has 114 valence electrons. The van der Waals surface area contributed by atoms with Crippen molar-refractivity contribution >= 4 is 0 Å². The number of rotatable bonds is 5. The summed E-state index contributed by atoms with van der Waals surface area (Å²) < 4.78 is 2.07. The summed E-state index contributed by atoms with van der Waals surface area (Å²) in [6, 6.07) is 24.7. The van der Waals surface area contributed by atoms with Crippen molar-refractivity contribution in [2.24, 2.45) is 0 Å². The van der Waals surface area contributed by atoms with Gasteiger partial charge < -0.3 is 9.88 Å². The quantitative estimate of drug-likeness (QED) is 0.767. The summed E-state index contributed by atoms with van der Waals surface area (Å²) in [6.07, 6.45) is 2.00. The highest BCUT2D eigenvalue weighted by Gasteiger charge is 2.09. The average Bonchev–Trinajstić information content (AvgIpc) is 3.08. The Balaban J connectivity index is 1.78. The van der Waals surface area contributed by atoms with Crippen LogP contribution in [0.15, 0.2) is 72.9 Å². The average molecular weight is 301 g/mol. The highest BCUT2D eigenvalue weighted by atomic mass is 15.0. The van der Waals surface area contributed by atoms with Crippen LogP contribution in [0.25, 0.3) is 5.69 Å². The van der Waals surface area contributed by atoms with Gasteiger partial charge in [0.15, 0.2) is 0 Å². The predicted molar refractivity (Wildman–Crippen MR) is 92.2 cm³/mol. The Hall–Kier alpha value is -2.83. The van der Waals surface area contributed by atoms with E-state index in [1.54, 1.807) is 0 Å². The van der Waals surface area contributed by atoms with E-state index in [-0.39, 0.29) is 6.04 Å². The zero-order valence-electron chi connectivity index (χ0n) is 13.1. The minimum atomic E-state index is 0.269. The summed E-state index contributed by atoms with van der Waals surface area (Å²) in [5.74, 6) is 0. The van der Waals surface area contributed by atoms with Gasteiger partial charge in [-0.25, -0.2) is 0 Å². The number of hydrogen-bond acceptors (Lipinski definition) is 2. The third-order valence-corrected chi connectivity index (χ3v) is 4.01. The van der Waals surface area contributed by atoms with E-state index in [1.807, 2.05) is 42.6 Å². The van der Waals surface area contributed by atoms with Crippen LogP contribution < -0.4 is 5.32 Å². The van der Waals surface area contributed by atoms with Crippen molar-refractivity contribution in [3.63, 3.8) is 0 Å². The zero-order valence-corrected chi connectivity index (χ0v) is 13.1. The molecule has 3 nitrogen and oxygen atoms in total. The van der Waals surface area contributed by atoms with Gasteiger partial charge in [0.05, 0.1) is 11.3 Å². The van der Waals surface area contributed by atoms with Crippen LogP contribution in [0.1, 0.15) is 29.8 Å². The van der Waals surface area contributed by atoms with Crippen LogP contribution in [0.3, 0.4) is 0 Å². The first-order valence-electron chi connectivity index (χ1n) is 7.73. The monoisotopic (exact) mass is 301 g/mol. The first-order chi connectivity index (χ1) is 11.3. The Kier molecular flexibility index (Phi) is 4.56. The first-order valence-corrected chi connectivity index (χ1v) is 7.73. The smallest absolute Gasteiger partial charge is 0.101 e. The summed E-state index contributed by atoms with van der Waals surface area (Å²) in [5, 5.41) is 12.8. The van der Waals surface area contributed by atoms with Crippen LogP contribution in [-0.4, -0.2) is 4.57 Å². The fourth-order valence-electron chi connectivity index (χ4n) is 2.69. The van der Waals surface area contributed by atoms with Crippen molar-refractivity contribution in [1.29, 1.82) is 5.26 Å². The molecule has 3 heteroatoms. The molecule has 0 amide bonds. The number of nitriles is 1. The van der Waals surface area contributed by atoms with Crippen LogP contribution in [-0.2, 0) is 6.54 Å². The molecule has 0 radical (unpaired) electrons. The zero-order chi connectivity index (χ0) is 16.1. The molecule has 0 bridgehead atoms. The van der Waals surface area contributed by atoms with Crippen molar-refractivity contribution in [3.8, 4) is 11.8 Å². The lowest BCUT2D eigenvalue weighted by molar-refractivity contribution is 0.563. The molecule has 0 saturated heterocycles. The third-order valence-electron chi connectivity index (χ3n) is 4.01. The third kappa shape index (κ3) is 3.33. The Morgan fingerprint density at radius 3 is 2.52 bits per heavy atom. The maximum atomic E-state index is 9.30. The Morgan fingerprint density at radius 1 is 1.00 bits per heavy atom. The van der Waals surface area contributed by atoms with Gasteiger partial charge in [-0.15, -0.1) is 0 Å². The van der Waals surface area contributed by atoms with E-state index in [1.165, 1.54) is 5.56 Å². The van der Waals surface area contributed by atoms with E-state index in [0.717, 1.165) is 17.9 Å². The van der Waals surface area contributed by atoms with E-state index in [4.69, 9.17) is 0 Å². The van der Waals surface area contributed by atoms with E-state index >= 15 is 0 Å². The standard InChI is InChI=1S/C20H19N3/c1-16(17-8-3-2-4-9-17)22-15-19-11-7-13-23(19)20-12-6-5-10-18(20)14-21/h2-13,16,22H,15H2,1H3. The van der Waals surface area contributed by atoms with Crippen LogP contribution in [0, 0.1) is 11.3 Å². The number of benzene rings is 2. The minimum absolute atomic E-state index is 0.269. The molecule has 0 aliphatic carbocycles. The van der Waals surface area contributed by atoms with Crippen LogP contribution in [0.4, 0.5) is 0 Å². The number of aromatic nitrogens is 1. The van der Waals surface area contributed by atoms with Crippen LogP contribution in [0.5, 0.6) is 0 Å². The number of nitrogens with one attached hydrogen (secondary N) is 1. The highest BCUT2D eigenvalue weighted by Crippen LogP contribution is 2.18. The molecule has 3 rings (SSSR count). The van der Waals surface area contributed by atoms with Crippen molar-refractivity contribution in [1.82, 2.24) is 9.88 Å². The molecule has 0 fully saturated rings. The van der Waals surface area contributed by atoms with Crippen molar-refractivity contribution < 1.29 is 0 Å². The van der Waals surface area contributed by atoms with E-state index in [9.17, 15) is 5.26 Å². The number of hydrogen-bond donors (Lipinski definition) is 1. The summed E-state index contributed by atoms with van der Waals surface area (Å²) in [6.45, 7) is 2.90. The van der Waals surface area contributed by atoms with Crippen LogP contribution in [0.2, 0.25) is 0 Å². The lowest BCUT2D eigenvalue weighted by Crippen LogP contribution is -2.19. The molecule has 1 unspecified atom stereocenters. The molecular weight excluding hydrogens is 282 g/mol. The van der Waals surface area contributed by atoms with E-state index in [2.05, 4.69) is 53.2 Å². The maximum Gasteiger partial charge on any atom is 0.101 e. The van der Waals surface area contributed by atoms with E-state index in [0.29, 0.717) is 5.56 Å². The second-order valence-electron chi connectivity index (χ2n) is 5.51. The second-order valence-corrected chi connectivity index (χ2v) is 5.51. The van der Waals surface area contributed by atoms with E-state index < -0.39 is 0 Å². The SMILES string of the molecule is CC(NCc1cccn1-c1ccccc1C#N)c1ccccc1. The molecule has 1 N–H and O–H groups in total. The molecule has 0 saturated carbocycles. The van der Waals surface area contributed by atoms with Gasteiger partial charge in [0.1, 0.15) is 6.07 Å². The lowest BCUT2D eigenvalue weighted by atomic mass is 10.1. The fraction of sp³-hybridized carbons (Fsp3) is 0.150. The Labute approximate surface area is 136 Å². The molecule has 0 aliphatic rings. The van der Waals surface area contributed by atoms with Gasteiger partial charge in [0.25, 0.3) is 0 Å². The molecule has 1 atom stereocenters. The molecule has 3 aromatic rings. The highest BCUT2D eigenvalue weighted by molar-refractivity contribution is 5.49. The molecule has 0 spiro atoms. The topological polar surface area (TPSA) is 40.8 Å². The first kappa shape index (κ1) is 15.1. The molecular formula is C20H19N3. The summed E-state index contributed by atoms with van der Waals surface area (Å²) in [5.41, 5.74) is 4.00. The van der Waals surface area contributed by atoms with Gasteiger partial charge in [-0.2, -0.15) is 5.26 Å². The summed E-state index contributed by atoms with van der Waals surface area (Å²) >= 11 is 0. The summed E-state index contributed by atoms with van der Waals surface area (Å²) in [4.78, 5) is 0. The summed E-state index contributed by atoms with van der Waals surface area (Å²) in [7, 11) is 0. The largest absolute Gasteiger partial charge is 0.318 e. The van der Waals surface area contributed by atoms with Crippen molar-refractivity contribution in [2.45, 2.75) is 19.5 Å². The fourth-order valence-corrected chi connectivity index (χ4v) is 2.69. The van der Waals surface area contributed by atoms with Gasteiger partial charge in [-0.05, 0) is 36.8 Å². The second kappa shape index (κ2) is 6.95. The Morgan fingerprint density at radius 2 is 1.74 bits per heavy atom. The number of nitrogens with zero attached hydrogens (tertiary/aromatic N) is 2. The normalized spacial score (nSPS) is 11.8. The minimum Gasteiger partial charge on any atom is -0.318 e. The molecule has 1 heterocycles. The van der Waals surface area contributed by atoms with Gasteiger partial charge in [0.2, 0.25) is 0 Å².